The number of benzene rings is 1. The summed E-state index contributed by atoms with van der Waals surface area (Å²) >= 11 is 1.41. The molecule has 2 bridgehead atoms. The lowest BCUT2D eigenvalue weighted by atomic mass is 9.68. The van der Waals surface area contributed by atoms with E-state index < -0.39 is 5.91 Å². The van der Waals surface area contributed by atoms with E-state index in [-0.39, 0.29) is 0 Å². The largest absolute Gasteiger partial charge is 0.366 e. The third kappa shape index (κ3) is 4.71. The van der Waals surface area contributed by atoms with Gasteiger partial charge in [0, 0.05) is 18.3 Å². The SMILES string of the molecule is CN1CC2CCC1(Cc1ccccc1)CC2.CSc1ncccc1C(N)=O. The van der Waals surface area contributed by atoms with Gasteiger partial charge in [-0.15, -0.1) is 11.8 Å². The summed E-state index contributed by atoms with van der Waals surface area (Å²) in [5, 5.41) is 0.681. The summed E-state index contributed by atoms with van der Waals surface area (Å²) < 4.78 is 0. The average Bonchev–Trinajstić information content (AvgIpc) is 2.70. The summed E-state index contributed by atoms with van der Waals surface area (Å²) in [7, 11) is 2.33. The van der Waals surface area contributed by atoms with Crippen molar-refractivity contribution in [2.24, 2.45) is 11.7 Å². The summed E-state index contributed by atoms with van der Waals surface area (Å²) in [4.78, 5) is 17.4. The maximum Gasteiger partial charge on any atom is 0.251 e. The Labute approximate surface area is 166 Å². The van der Waals surface area contributed by atoms with Crippen LogP contribution >= 0.6 is 11.8 Å². The van der Waals surface area contributed by atoms with E-state index in [9.17, 15) is 4.79 Å². The topological polar surface area (TPSA) is 59.2 Å². The molecule has 2 aromatic rings. The molecule has 4 nitrogen and oxygen atoms in total. The van der Waals surface area contributed by atoms with Gasteiger partial charge in [-0.2, -0.15) is 0 Å². The number of fused-ring (bicyclic) bond motifs is 3. The normalized spacial score (nSPS) is 24.1. The summed E-state index contributed by atoms with van der Waals surface area (Å²) in [6.07, 6.45) is 10.5. The van der Waals surface area contributed by atoms with Crippen molar-refractivity contribution >= 4 is 17.7 Å². The van der Waals surface area contributed by atoms with Crippen LogP contribution in [0.2, 0.25) is 0 Å². The fraction of sp³-hybridized carbons (Fsp3) is 0.455. The van der Waals surface area contributed by atoms with E-state index in [1.165, 1.54) is 56.0 Å². The van der Waals surface area contributed by atoms with Crippen LogP contribution < -0.4 is 5.73 Å². The van der Waals surface area contributed by atoms with Gasteiger partial charge in [-0.05, 0) is 69.0 Å². The molecule has 2 saturated heterocycles. The number of hydrogen-bond acceptors (Lipinski definition) is 4. The molecule has 2 N–H and O–H groups in total. The number of hydrogen-bond donors (Lipinski definition) is 1. The van der Waals surface area contributed by atoms with E-state index in [2.05, 4.69) is 47.3 Å². The Kier molecular flexibility index (Phi) is 6.55. The summed E-state index contributed by atoms with van der Waals surface area (Å²) in [6.45, 7) is 1.33. The van der Waals surface area contributed by atoms with Gasteiger partial charge in [0.25, 0.3) is 5.91 Å². The lowest BCUT2D eigenvalue weighted by Crippen LogP contribution is -2.57. The number of likely N-dealkylation sites (N-methyl/N-ethyl adjacent to an activating group) is 1. The Morgan fingerprint density at radius 1 is 1.22 bits per heavy atom. The molecule has 1 amide bonds. The number of nitrogens with two attached hydrogens (primary N) is 1. The number of piperidine rings is 2. The van der Waals surface area contributed by atoms with E-state index in [4.69, 9.17) is 5.73 Å². The molecule has 0 unspecified atom stereocenters. The third-order valence-electron chi connectivity index (χ3n) is 5.98. The molecule has 5 heteroatoms. The van der Waals surface area contributed by atoms with Crippen LogP contribution in [0.25, 0.3) is 0 Å². The summed E-state index contributed by atoms with van der Waals surface area (Å²) in [5.74, 6) is 0.560. The fourth-order valence-corrected chi connectivity index (χ4v) is 4.94. The van der Waals surface area contributed by atoms with Crippen molar-refractivity contribution in [3.05, 3.63) is 59.8 Å². The van der Waals surface area contributed by atoms with E-state index in [0.717, 1.165) is 5.92 Å². The van der Waals surface area contributed by atoms with E-state index >= 15 is 0 Å². The molecular weight excluding hydrogens is 354 g/mol. The van der Waals surface area contributed by atoms with Crippen molar-refractivity contribution in [2.45, 2.75) is 42.7 Å². The van der Waals surface area contributed by atoms with Crippen molar-refractivity contribution in [1.82, 2.24) is 9.88 Å². The molecule has 0 radical (unpaired) electrons. The van der Waals surface area contributed by atoms with Crippen LogP contribution in [-0.2, 0) is 6.42 Å². The quantitative estimate of drug-likeness (QED) is 0.811. The highest BCUT2D eigenvalue weighted by Crippen LogP contribution is 2.43. The smallest absolute Gasteiger partial charge is 0.251 e. The van der Waals surface area contributed by atoms with Gasteiger partial charge in [0.1, 0.15) is 5.03 Å². The maximum atomic E-state index is 10.7. The molecule has 1 aromatic carbocycles. The number of carbonyl (C=O) groups is 1. The standard InChI is InChI=1S/C15H21N.C7H8N2OS/c1-16-12-14-7-9-15(16,10-8-14)11-13-5-3-2-4-6-13;1-11-7-5(6(8)10)3-2-4-9-7/h2-6,14H,7-12H2,1H3;2-4H,1H3,(H2,8,10). The van der Waals surface area contributed by atoms with Crippen LogP contribution in [0.15, 0.2) is 53.7 Å². The van der Waals surface area contributed by atoms with Crippen LogP contribution in [0.1, 0.15) is 41.6 Å². The monoisotopic (exact) mass is 383 g/mol. The molecule has 1 saturated carbocycles. The van der Waals surface area contributed by atoms with Gasteiger partial charge in [-0.1, -0.05) is 30.3 Å². The summed E-state index contributed by atoms with van der Waals surface area (Å²) in [5.41, 5.74) is 7.58. The Balaban J connectivity index is 0.000000168. The first-order chi connectivity index (χ1) is 13.0. The number of primary amides is 1. The molecule has 1 aromatic heterocycles. The van der Waals surface area contributed by atoms with Crippen molar-refractivity contribution in [3.8, 4) is 0 Å². The van der Waals surface area contributed by atoms with Gasteiger partial charge in [0.2, 0.25) is 0 Å². The van der Waals surface area contributed by atoms with Crippen LogP contribution in [0, 0.1) is 5.92 Å². The van der Waals surface area contributed by atoms with Crippen LogP contribution in [0.5, 0.6) is 0 Å². The number of nitrogens with zero attached hydrogens (tertiary/aromatic N) is 2. The Hall–Kier alpha value is -1.85. The minimum absolute atomic E-state index is 0.428. The number of thioether (sulfide) groups is 1. The van der Waals surface area contributed by atoms with E-state index in [1.54, 1.807) is 18.3 Å². The Morgan fingerprint density at radius 2 is 1.93 bits per heavy atom. The van der Waals surface area contributed by atoms with Crippen LogP contribution in [-0.4, -0.2) is 41.2 Å². The Morgan fingerprint density at radius 3 is 2.48 bits per heavy atom. The maximum absolute atomic E-state index is 10.7. The Bertz CT molecular complexity index is 757. The predicted molar refractivity (Wildman–Crippen MR) is 112 cm³/mol. The van der Waals surface area contributed by atoms with E-state index in [0.29, 0.717) is 16.1 Å². The summed E-state index contributed by atoms with van der Waals surface area (Å²) in [6, 6.07) is 14.4. The first-order valence-electron chi connectivity index (χ1n) is 9.58. The third-order valence-corrected chi connectivity index (χ3v) is 6.70. The number of rotatable bonds is 4. The second-order valence-corrected chi connectivity index (χ2v) is 8.43. The van der Waals surface area contributed by atoms with Gasteiger partial charge in [0.15, 0.2) is 0 Å². The number of pyridine rings is 1. The minimum Gasteiger partial charge on any atom is -0.366 e. The molecule has 1 aliphatic carbocycles. The van der Waals surface area contributed by atoms with Crippen LogP contribution in [0.3, 0.4) is 0 Å². The van der Waals surface area contributed by atoms with Crippen LogP contribution in [0.4, 0.5) is 0 Å². The zero-order valence-electron chi connectivity index (χ0n) is 16.2. The van der Waals surface area contributed by atoms with Gasteiger partial charge >= 0.3 is 0 Å². The van der Waals surface area contributed by atoms with Crippen molar-refractivity contribution in [3.63, 3.8) is 0 Å². The second kappa shape index (κ2) is 8.89. The highest BCUT2D eigenvalue weighted by atomic mass is 32.2. The first-order valence-corrected chi connectivity index (χ1v) is 10.8. The molecule has 3 aliphatic rings. The molecule has 0 spiro atoms. The van der Waals surface area contributed by atoms with E-state index in [1.807, 2.05) is 6.26 Å². The molecule has 0 atom stereocenters. The molecule has 3 fully saturated rings. The van der Waals surface area contributed by atoms with Gasteiger partial charge in [-0.3, -0.25) is 4.79 Å². The number of aromatic nitrogens is 1. The van der Waals surface area contributed by atoms with Crippen molar-refractivity contribution in [1.29, 1.82) is 0 Å². The molecule has 3 heterocycles. The highest BCUT2D eigenvalue weighted by Gasteiger charge is 2.43. The first kappa shape index (κ1) is 19.9. The lowest BCUT2D eigenvalue weighted by molar-refractivity contribution is -0.0152. The second-order valence-electron chi connectivity index (χ2n) is 7.64. The van der Waals surface area contributed by atoms with Crippen molar-refractivity contribution in [2.75, 3.05) is 19.8 Å². The lowest BCUT2D eigenvalue weighted by Gasteiger charge is -2.53. The van der Waals surface area contributed by atoms with Crippen molar-refractivity contribution < 1.29 is 4.79 Å². The molecule has 27 heavy (non-hydrogen) atoms. The number of amides is 1. The minimum atomic E-state index is -0.428. The average molecular weight is 384 g/mol. The van der Waals surface area contributed by atoms with Gasteiger partial charge in [0.05, 0.1) is 5.56 Å². The fourth-order valence-electron chi connectivity index (χ4n) is 4.39. The molecular formula is C22H29N3OS. The predicted octanol–water partition coefficient (Wildman–Crippen LogP) is 4.01. The van der Waals surface area contributed by atoms with Gasteiger partial charge < -0.3 is 10.6 Å². The van der Waals surface area contributed by atoms with Gasteiger partial charge in [-0.25, -0.2) is 4.98 Å². The highest BCUT2D eigenvalue weighted by molar-refractivity contribution is 7.98. The molecule has 144 valence electrons. The molecule has 5 rings (SSSR count). The zero-order chi connectivity index (χ0) is 19.3. The molecule has 2 aliphatic heterocycles. The number of carbonyl (C=O) groups excluding carboxylic acids is 1. The zero-order valence-corrected chi connectivity index (χ0v) is 17.0.